The van der Waals surface area contributed by atoms with Crippen LogP contribution in [0.25, 0.3) is 0 Å². The lowest BCUT2D eigenvalue weighted by atomic mass is 10.2. The molecule has 0 aliphatic heterocycles. The first-order valence-corrected chi connectivity index (χ1v) is 10.6. The molecule has 9 heteroatoms. The molecule has 0 spiro atoms. The molecule has 2 aromatic carbocycles. The van der Waals surface area contributed by atoms with Gasteiger partial charge in [0.1, 0.15) is 5.75 Å². The Morgan fingerprint density at radius 2 is 1.96 bits per heavy atom. The van der Waals surface area contributed by atoms with E-state index in [4.69, 9.17) is 16.3 Å². The molecule has 1 fully saturated rings. The van der Waals surface area contributed by atoms with E-state index in [0.717, 1.165) is 18.4 Å². The highest BCUT2D eigenvalue weighted by Gasteiger charge is 2.28. The molecule has 7 nitrogen and oxygen atoms in total. The number of sulfonamides is 1. The van der Waals surface area contributed by atoms with Gasteiger partial charge in [-0.2, -0.15) is 0 Å². The number of nitrogens with zero attached hydrogens (tertiary/aromatic N) is 1. The summed E-state index contributed by atoms with van der Waals surface area (Å²) in [6.45, 7) is 0.301. The van der Waals surface area contributed by atoms with Crippen molar-refractivity contribution in [3.63, 3.8) is 0 Å². The summed E-state index contributed by atoms with van der Waals surface area (Å²) in [5, 5.41) is 3.28. The van der Waals surface area contributed by atoms with Gasteiger partial charge >= 0.3 is 6.03 Å². The Bertz CT molecular complexity index is 977. The Balaban J connectivity index is 1.77. The number of anilines is 1. The summed E-state index contributed by atoms with van der Waals surface area (Å²) in [6.07, 6.45) is 1.68. The third-order valence-corrected chi connectivity index (χ3v) is 6.22. The number of carbonyl (C=O) groups excluding carboxylic acids is 1. The topological polar surface area (TPSA) is 87.7 Å². The van der Waals surface area contributed by atoms with E-state index in [1.54, 1.807) is 13.1 Å². The van der Waals surface area contributed by atoms with E-state index in [0.29, 0.717) is 17.3 Å². The monoisotopic (exact) mass is 423 g/mol. The van der Waals surface area contributed by atoms with Crippen LogP contribution in [0.3, 0.4) is 0 Å². The number of amides is 2. The van der Waals surface area contributed by atoms with Gasteiger partial charge in [0.25, 0.3) is 0 Å². The summed E-state index contributed by atoms with van der Waals surface area (Å²) in [7, 11) is -0.564. The van der Waals surface area contributed by atoms with E-state index < -0.39 is 16.1 Å². The minimum Gasteiger partial charge on any atom is -0.495 e. The Kier molecular flexibility index (Phi) is 6.12. The van der Waals surface area contributed by atoms with Crippen LogP contribution in [0.1, 0.15) is 18.4 Å². The molecule has 0 heterocycles. The third-order valence-electron chi connectivity index (χ3n) is 4.33. The molecule has 0 bridgehead atoms. The molecule has 0 radical (unpaired) electrons. The lowest BCUT2D eigenvalue weighted by Crippen LogP contribution is -2.31. The van der Waals surface area contributed by atoms with Gasteiger partial charge in [0.2, 0.25) is 10.0 Å². The first-order chi connectivity index (χ1) is 13.3. The van der Waals surface area contributed by atoms with Crippen molar-refractivity contribution in [2.45, 2.75) is 30.3 Å². The van der Waals surface area contributed by atoms with Gasteiger partial charge in [0.05, 0.1) is 17.7 Å². The number of nitrogens with one attached hydrogen (secondary N) is 2. The number of ether oxygens (including phenoxy) is 1. The quantitative estimate of drug-likeness (QED) is 0.713. The fourth-order valence-corrected chi connectivity index (χ4v) is 4.13. The second-order valence-corrected chi connectivity index (χ2v) is 8.76. The molecule has 0 aromatic heterocycles. The largest absolute Gasteiger partial charge is 0.495 e. The Labute approximate surface area is 169 Å². The Hall–Kier alpha value is -2.29. The van der Waals surface area contributed by atoms with Crippen molar-refractivity contribution in [2.24, 2.45) is 0 Å². The first-order valence-electron chi connectivity index (χ1n) is 8.76. The summed E-state index contributed by atoms with van der Waals surface area (Å²) >= 11 is 6.15. The standard InChI is InChI=1S/C19H22ClN3O4S/c1-23(12-13-5-3-4-6-16(13)20)19(24)21-17-11-15(9-10-18(17)27-2)28(25,26)22-14-7-8-14/h3-6,9-11,14,22H,7-8,12H2,1-2H3,(H,21,24). The summed E-state index contributed by atoms with van der Waals surface area (Å²) in [4.78, 5) is 14.1. The van der Waals surface area contributed by atoms with E-state index in [-0.39, 0.29) is 16.6 Å². The van der Waals surface area contributed by atoms with E-state index in [1.165, 1.54) is 30.2 Å². The molecule has 2 aromatic rings. The summed E-state index contributed by atoms with van der Waals surface area (Å²) in [5.74, 6) is 0.366. The molecule has 0 atom stereocenters. The molecule has 28 heavy (non-hydrogen) atoms. The number of hydrogen-bond acceptors (Lipinski definition) is 4. The van der Waals surface area contributed by atoms with Gasteiger partial charge in [-0.25, -0.2) is 17.9 Å². The lowest BCUT2D eigenvalue weighted by Gasteiger charge is -2.20. The molecule has 2 N–H and O–H groups in total. The molecule has 0 saturated heterocycles. The summed E-state index contributed by atoms with van der Waals surface area (Å²) in [6, 6.07) is 11.2. The zero-order valence-electron chi connectivity index (χ0n) is 15.6. The van der Waals surface area contributed by atoms with Crippen LogP contribution < -0.4 is 14.8 Å². The highest BCUT2D eigenvalue weighted by molar-refractivity contribution is 7.89. The summed E-state index contributed by atoms with van der Waals surface area (Å²) in [5.41, 5.74) is 1.08. The predicted molar refractivity (Wildman–Crippen MR) is 108 cm³/mol. The first kappa shape index (κ1) is 20.4. The SMILES string of the molecule is COc1ccc(S(=O)(=O)NC2CC2)cc1NC(=O)N(C)Cc1ccccc1Cl. The fraction of sp³-hybridized carbons (Fsp3) is 0.316. The highest BCUT2D eigenvalue weighted by atomic mass is 35.5. The van der Waals surface area contributed by atoms with Crippen molar-refractivity contribution in [1.82, 2.24) is 9.62 Å². The van der Waals surface area contributed by atoms with Crippen molar-refractivity contribution in [3.8, 4) is 5.75 Å². The van der Waals surface area contributed by atoms with Crippen LogP contribution in [-0.2, 0) is 16.6 Å². The fourth-order valence-electron chi connectivity index (χ4n) is 2.61. The molecule has 1 saturated carbocycles. The van der Waals surface area contributed by atoms with Crippen LogP contribution in [0, 0.1) is 0 Å². The molecular weight excluding hydrogens is 402 g/mol. The number of methoxy groups -OCH3 is 1. The zero-order chi connectivity index (χ0) is 20.3. The predicted octanol–water partition coefficient (Wildman–Crippen LogP) is 3.45. The Morgan fingerprint density at radius 1 is 1.25 bits per heavy atom. The van der Waals surface area contributed by atoms with E-state index >= 15 is 0 Å². The minimum absolute atomic E-state index is 0.00750. The van der Waals surface area contributed by atoms with Gasteiger partial charge < -0.3 is 15.0 Å². The second-order valence-electron chi connectivity index (χ2n) is 6.64. The van der Waals surface area contributed by atoms with Crippen LogP contribution in [0.5, 0.6) is 5.75 Å². The van der Waals surface area contributed by atoms with Crippen LogP contribution in [0.4, 0.5) is 10.5 Å². The lowest BCUT2D eigenvalue weighted by molar-refractivity contribution is 0.220. The van der Waals surface area contributed by atoms with Crippen molar-refractivity contribution in [1.29, 1.82) is 0 Å². The van der Waals surface area contributed by atoms with Gasteiger partial charge in [0, 0.05) is 24.7 Å². The van der Waals surface area contributed by atoms with E-state index in [1.807, 2.05) is 18.2 Å². The van der Waals surface area contributed by atoms with Crippen LogP contribution >= 0.6 is 11.6 Å². The normalized spacial score (nSPS) is 13.8. The Morgan fingerprint density at radius 3 is 2.61 bits per heavy atom. The average molecular weight is 424 g/mol. The molecule has 3 rings (SSSR count). The summed E-state index contributed by atoms with van der Waals surface area (Å²) < 4.78 is 32.8. The van der Waals surface area contributed by atoms with Gasteiger partial charge in [0.15, 0.2) is 0 Å². The number of halogens is 1. The van der Waals surface area contributed by atoms with E-state index in [2.05, 4.69) is 10.0 Å². The molecular formula is C19H22ClN3O4S. The molecule has 1 aliphatic carbocycles. The van der Waals surface area contributed by atoms with E-state index in [9.17, 15) is 13.2 Å². The van der Waals surface area contributed by atoms with Gasteiger partial charge in [-0.3, -0.25) is 0 Å². The number of urea groups is 1. The maximum absolute atomic E-state index is 12.6. The van der Waals surface area contributed by atoms with Gasteiger partial charge in [-0.15, -0.1) is 0 Å². The third kappa shape index (κ3) is 4.95. The van der Waals surface area contributed by atoms with Crippen LogP contribution in [0.2, 0.25) is 5.02 Å². The van der Waals surface area contributed by atoms with Gasteiger partial charge in [-0.05, 0) is 42.7 Å². The second kappa shape index (κ2) is 8.38. The maximum atomic E-state index is 12.6. The van der Waals surface area contributed by atoms with Gasteiger partial charge in [-0.1, -0.05) is 29.8 Å². The van der Waals surface area contributed by atoms with Crippen molar-refractivity contribution in [3.05, 3.63) is 53.1 Å². The average Bonchev–Trinajstić information content (AvgIpc) is 3.46. The number of carbonyl (C=O) groups is 1. The number of rotatable bonds is 7. The van der Waals surface area contributed by atoms with Crippen molar-refractivity contribution >= 4 is 33.3 Å². The maximum Gasteiger partial charge on any atom is 0.321 e. The smallest absolute Gasteiger partial charge is 0.321 e. The van der Waals surface area contributed by atoms with Crippen molar-refractivity contribution < 1.29 is 17.9 Å². The number of hydrogen-bond donors (Lipinski definition) is 2. The molecule has 150 valence electrons. The highest BCUT2D eigenvalue weighted by Crippen LogP contribution is 2.29. The van der Waals surface area contributed by atoms with Crippen molar-refractivity contribution in [2.75, 3.05) is 19.5 Å². The minimum atomic E-state index is -3.64. The zero-order valence-corrected chi connectivity index (χ0v) is 17.2. The van der Waals surface area contributed by atoms with Crippen LogP contribution in [-0.4, -0.2) is 39.5 Å². The number of benzene rings is 2. The van der Waals surface area contributed by atoms with Crippen LogP contribution in [0.15, 0.2) is 47.4 Å². The molecule has 0 unspecified atom stereocenters. The molecule has 1 aliphatic rings. The molecule has 2 amide bonds.